The van der Waals surface area contributed by atoms with E-state index in [1.54, 1.807) is 12.0 Å². The molecule has 6 heteroatoms. The molecule has 1 aliphatic heterocycles. The number of carbonyl (C=O) groups is 1. The molecule has 3 N–H and O–H groups in total. The number of rotatable bonds is 6. The van der Waals surface area contributed by atoms with Crippen molar-refractivity contribution in [3.63, 3.8) is 0 Å². The number of carbonyl (C=O) groups excluding carboxylic acids is 1. The van der Waals surface area contributed by atoms with Gasteiger partial charge in [-0.2, -0.15) is 0 Å². The Balaban J connectivity index is 1.44. The zero-order chi connectivity index (χ0) is 19.2. The number of nitrogens with one attached hydrogen (secondary N) is 3. The maximum atomic E-state index is 12.4. The van der Waals surface area contributed by atoms with E-state index >= 15 is 0 Å². The summed E-state index contributed by atoms with van der Waals surface area (Å²) in [5.74, 6) is 0.943. The van der Waals surface area contributed by atoms with Gasteiger partial charge in [0.15, 0.2) is 6.54 Å². The third-order valence-electron chi connectivity index (χ3n) is 5.23. The van der Waals surface area contributed by atoms with Crippen molar-refractivity contribution in [3.05, 3.63) is 58.6 Å². The average Bonchev–Trinajstić information content (AvgIpc) is 2.67. The molecule has 0 aliphatic carbocycles. The molecule has 27 heavy (non-hydrogen) atoms. The van der Waals surface area contributed by atoms with Crippen molar-refractivity contribution in [2.45, 2.75) is 13.5 Å². The highest BCUT2D eigenvalue weighted by Crippen LogP contribution is 2.22. The largest absolute Gasteiger partial charge is 0.497 e. The molecule has 5 nitrogen and oxygen atoms in total. The van der Waals surface area contributed by atoms with Gasteiger partial charge in [-0.1, -0.05) is 17.7 Å². The zero-order valence-electron chi connectivity index (χ0n) is 16.0. The number of methoxy groups -OCH3 is 1. The van der Waals surface area contributed by atoms with Crippen molar-refractivity contribution >= 4 is 23.2 Å². The number of hydrogen-bond donors (Lipinski definition) is 3. The Bertz CT molecular complexity index is 771. The molecule has 0 unspecified atom stereocenters. The number of amides is 1. The SMILES string of the molecule is COc1ccc(C[NH+]2CC[NH+](CC(=O)Nc3cccc(Cl)c3C)CC2)cc1. The van der Waals surface area contributed by atoms with Crippen LogP contribution < -0.4 is 19.9 Å². The minimum absolute atomic E-state index is 0.0500. The Morgan fingerprint density at radius 1 is 1.07 bits per heavy atom. The predicted molar refractivity (Wildman–Crippen MR) is 108 cm³/mol. The van der Waals surface area contributed by atoms with E-state index in [1.807, 2.05) is 37.3 Å². The highest BCUT2D eigenvalue weighted by atomic mass is 35.5. The van der Waals surface area contributed by atoms with Gasteiger partial charge in [-0.05, 0) is 48.9 Å². The lowest BCUT2D eigenvalue weighted by molar-refractivity contribution is -1.02. The number of benzene rings is 2. The molecule has 0 radical (unpaired) electrons. The van der Waals surface area contributed by atoms with E-state index < -0.39 is 0 Å². The van der Waals surface area contributed by atoms with Gasteiger partial charge in [0.1, 0.15) is 38.5 Å². The van der Waals surface area contributed by atoms with E-state index in [1.165, 1.54) is 10.5 Å². The smallest absolute Gasteiger partial charge is 0.279 e. The van der Waals surface area contributed by atoms with Crippen LogP contribution in [0.2, 0.25) is 5.02 Å². The second kappa shape index (κ2) is 9.22. The topological polar surface area (TPSA) is 47.2 Å². The predicted octanol–water partition coefficient (Wildman–Crippen LogP) is 0.579. The van der Waals surface area contributed by atoms with Crippen LogP contribution >= 0.6 is 11.6 Å². The molecule has 0 saturated carbocycles. The lowest BCUT2D eigenvalue weighted by Gasteiger charge is -2.29. The van der Waals surface area contributed by atoms with Gasteiger partial charge in [0.05, 0.1) is 7.11 Å². The lowest BCUT2D eigenvalue weighted by Crippen LogP contribution is -3.28. The monoisotopic (exact) mass is 389 g/mol. The first kappa shape index (κ1) is 19.7. The Morgan fingerprint density at radius 3 is 2.41 bits per heavy atom. The molecule has 0 bridgehead atoms. The summed E-state index contributed by atoms with van der Waals surface area (Å²) in [6, 6.07) is 13.9. The van der Waals surface area contributed by atoms with Gasteiger partial charge >= 0.3 is 0 Å². The van der Waals surface area contributed by atoms with Crippen LogP contribution in [0.1, 0.15) is 11.1 Å². The molecule has 1 amide bonds. The van der Waals surface area contributed by atoms with Gasteiger partial charge in [0.2, 0.25) is 0 Å². The molecular weight excluding hydrogens is 362 g/mol. The van der Waals surface area contributed by atoms with Crippen LogP contribution in [-0.4, -0.2) is 45.7 Å². The third kappa shape index (κ3) is 5.45. The summed E-state index contributed by atoms with van der Waals surface area (Å²) >= 11 is 6.12. The van der Waals surface area contributed by atoms with Gasteiger partial charge in [0.25, 0.3) is 5.91 Å². The summed E-state index contributed by atoms with van der Waals surface area (Å²) in [7, 11) is 1.69. The molecule has 2 aromatic rings. The van der Waals surface area contributed by atoms with Crippen LogP contribution in [0.3, 0.4) is 0 Å². The molecule has 0 aromatic heterocycles. The fourth-order valence-electron chi connectivity index (χ4n) is 3.51. The van der Waals surface area contributed by atoms with E-state index in [-0.39, 0.29) is 5.91 Å². The molecule has 2 aromatic carbocycles. The molecule has 0 spiro atoms. The van der Waals surface area contributed by atoms with E-state index in [2.05, 4.69) is 17.4 Å². The van der Waals surface area contributed by atoms with Crippen molar-refractivity contribution < 1.29 is 19.3 Å². The normalized spacial score (nSPS) is 19.5. The van der Waals surface area contributed by atoms with Crippen molar-refractivity contribution in [3.8, 4) is 5.75 Å². The van der Waals surface area contributed by atoms with E-state index in [0.717, 1.165) is 49.7 Å². The molecule has 0 atom stereocenters. The number of quaternary nitrogens is 2. The number of halogens is 1. The van der Waals surface area contributed by atoms with E-state index in [0.29, 0.717) is 11.6 Å². The quantitative estimate of drug-likeness (QED) is 0.677. The van der Waals surface area contributed by atoms with Crippen LogP contribution in [-0.2, 0) is 11.3 Å². The average molecular weight is 390 g/mol. The van der Waals surface area contributed by atoms with Crippen molar-refractivity contribution in [2.24, 2.45) is 0 Å². The second-order valence-electron chi connectivity index (χ2n) is 7.16. The van der Waals surface area contributed by atoms with E-state index in [4.69, 9.17) is 16.3 Å². The molecule has 1 fully saturated rings. The summed E-state index contributed by atoms with van der Waals surface area (Å²) in [6.07, 6.45) is 0. The molecular formula is C21H28ClN3O2+2. The Labute approximate surface area is 165 Å². The standard InChI is InChI=1S/C21H26ClN3O2/c1-16-19(22)4-3-5-20(16)23-21(26)15-25-12-10-24(11-13-25)14-17-6-8-18(27-2)9-7-17/h3-9H,10-15H2,1-2H3,(H,23,26)/p+2. The van der Waals surface area contributed by atoms with Gasteiger partial charge in [-0.25, -0.2) is 0 Å². The van der Waals surface area contributed by atoms with Crippen molar-refractivity contribution in [1.82, 2.24) is 0 Å². The number of piperazine rings is 1. The second-order valence-corrected chi connectivity index (χ2v) is 7.57. The molecule has 144 valence electrons. The Morgan fingerprint density at radius 2 is 1.74 bits per heavy atom. The fourth-order valence-corrected chi connectivity index (χ4v) is 3.68. The van der Waals surface area contributed by atoms with Crippen molar-refractivity contribution in [2.75, 3.05) is 45.2 Å². The summed E-state index contributed by atoms with van der Waals surface area (Å²) in [6.45, 7) is 7.61. The van der Waals surface area contributed by atoms with Crippen molar-refractivity contribution in [1.29, 1.82) is 0 Å². The number of ether oxygens (including phenoxy) is 1. The van der Waals surface area contributed by atoms with Crippen LogP contribution in [0.4, 0.5) is 5.69 Å². The molecule has 3 rings (SSSR count). The fraction of sp³-hybridized carbons (Fsp3) is 0.381. The third-order valence-corrected chi connectivity index (χ3v) is 5.64. The molecule has 1 aliphatic rings. The summed E-state index contributed by atoms with van der Waals surface area (Å²) in [4.78, 5) is 15.3. The summed E-state index contributed by atoms with van der Waals surface area (Å²) in [5, 5.41) is 3.67. The van der Waals surface area contributed by atoms with Crippen LogP contribution in [0.5, 0.6) is 5.75 Å². The first-order valence-electron chi connectivity index (χ1n) is 9.40. The minimum atomic E-state index is 0.0500. The van der Waals surface area contributed by atoms with Gasteiger partial charge < -0.3 is 19.9 Å². The Hall–Kier alpha value is -2.08. The van der Waals surface area contributed by atoms with Crippen LogP contribution in [0.15, 0.2) is 42.5 Å². The highest BCUT2D eigenvalue weighted by molar-refractivity contribution is 6.31. The van der Waals surface area contributed by atoms with Crippen LogP contribution in [0, 0.1) is 6.92 Å². The van der Waals surface area contributed by atoms with E-state index in [9.17, 15) is 4.79 Å². The lowest BCUT2D eigenvalue weighted by atomic mass is 10.2. The molecule has 1 saturated heterocycles. The first-order valence-corrected chi connectivity index (χ1v) is 9.78. The number of hydrogen-bond acceptors (Lipinski definition) is 2. The zero-order valence-corrected chi connectivity index (χ0v) is 16.7. The number of anilines is 1. The van der Waals surface area contributed by atoms with Gasteiger partial charge in [0, 0.05) is 16.3 Å². The highest BCUT2D eigenvalue weighted by Gasteiger charge is 2.25. The summed E-state index contributed by atoms with van der Waals surface area (Å²) in [5.41, 5.74) is 3.04. The minimum Gasteiger partial charge on any atom is -0.497 e. The molecule has 1 heterocycles. The maximum absolute atomic E-state index is 12.4. The van der Waals surface area contributed by atoms with Crippen LogP contribution in [0.25, 0.3) is 0 Å². The summed E-state index contributed by atoms with van der Waals surface area (Å²) < 4.78 is 5.21. The van der Waals surface area contributed by atoms with Gasteiger partial charge in [-0.15, -0.1) is 0 Å². The van der Waals surface area contributed by atoms with Gasteiger partial charge in [-0.3, -0.25) is 4.79 Å². The Kier molecular flexibility index (Phi) is 6.72. The maximum Gasteiger partial charge on any atom is 0.279 e. The first-order chi connectivity index (χ1) is 13.0.